The van der Waals surface area contributed by atoms with Crippen molar-refractivity contribution >= 4 is 15.7 Å². The smallest absolute Gasteiger partial charge is 0.261 e. The second-order valence-corrected chi connectivity index (χ2v) is 6.23. The highest BCUT2D eigenvalue weighted by Crippen LogP contribution is 2.20. The summed E-state index contributed by atoms with van der Waals surface area (Å²) < 4.78 is 26.9. The predicted molar refractivity (Wildman–Crippen MR) is 79.0 cm³/mol. The Morgan fingerprint density at radius 2 is 1.86 bits per heavy atom. The van der Waals surface area contributed by atoms with Gasteiger partial charge in [-0.15, -0.1) is 0 Å². The fraction of sp³-hybridized carbons (Fsp3) is 0.133. The molecule has 0 bridgehead atoms. The van der Waals surface area contributed by atoms with Gasteiger partial charge in [-0.05, 0) is 48.9 Å². The summed E-state index contributed by atoms with van der Waals surface area (Å²) in [6.07, 6.45) is -0.677. The van der Waals surface area contributed by atoms with Crippen LogP contribution in [-0.4, -0.2) is 13.5 Å². The molecule has 5 nitrogen and oxygen atoms in total. The number of hydrogen-bond acceptors (Lipinski definition) is 4. The van der Waals surface area contributed by atoms with E-state index >= 15 is 0 Å². The Balaban J connectivity index is 2.28. The largest absolute Gasteiger partial charge is 0.389 e. The van der Waals surface area contributed by atoms with Crippen LogP contribution in [0.2, 0.25) is 0 Å². The molecule has 2 aromatic rings. The van der Waals surface area contributed by atoms with E-state index in [1.807, 2.05) is 6.07 Å². The fourth-order valence-corrected chi connectivity index (χ4v) is 2.83. The molecule has 0 aromatic heterocycles. The van der Waals surface area contributed by atoms with Crippen molar-refractivity contribution in [2.24, 2.45) is 0 Å². The maximum Gasteiger partial charge on any atom is 0.261 e. The summed E-state index contributed by atoms with van der Waals surface area (Å²) in [4.78, 5) is 0.0731. The molecule has 1 atom stereocenters. The van der Waals surface area contributed by atoms with Crippen LogP contribution in [-0.2, 0) is 10.0 Å². The first kappa shape index (κ1) is 15.0. The quantitative estimate of drug-likeness (QED) is 0.907. The summed E-state index contributed by atoms with van der Waals surface area (Å²) in [5, 5.41) is 18.2. The first-order valence-corrected chi connectivity index (χ1v) is 7.72. The third kappa shape index (κ3) is 3.60. The van der Waals surface area contributed by atoms with E-state index in [-0.39, 0.29) is 4.90 Å². The van der Waals surface area contributed by atoms with Crippen LogP contribution in [0.5, 0.6) is 0 Å². The molecule has 0 aliphatic rings. The summed E-state index contributed by atoms with van der Waals surface area (Å²) in [7, 11) is -3.72. The van der Waals surface area contributed by atoms with Gasteiger partial charge in [-0.2, -0.15) is 5.26 Å². The summed E-state index contributed by atoms with van der Waals surface area (Å²) in [5.41, 5.74) is 1.39. The van der Waals surface area contributed by atoms with E-state index in [9.17, 15) is 13.5 Å². The van der Waals surface area contributed by atoms with Gasteiger partial charge in [-0.1, -0.05) is 12.1 Å². The summed E-state index contributed by atoms with van der Waals surface area (Å²) in [6.45, 7) is 1.61. The van der Waals surface area contributed by atoms with Crippen LogP contribution in [0.4, 0.5) is 5.69 Å². The zero-order valence-corrected chi connectivity index (χ0v) is 12.1. The van der Waals surface area contributed by atoms with Crippen LogP contribution >= 0.6 is 0 Å². The van der Waals surface area contributed by atoms with Crippen LogP contribution in [0, 0.1) is 11.3 Å². The van der Waals surface area contributed by atoms with Crippen molar-refractivity contribution in [2.75, 3.05) is 4.72 Å². The molecule has 0 aliphatic carbocycles. The van der Waals surface area contributed by atoms with Gasteiger partial charge in [0, 0.05) is 5.69 Å². The second-order valence-electron chi connectivity index (χ2n) is 4.54. The maximum atomic E-state index is 12.2. The van der Waals surface area contributed by atoms with Crippen molar-refractivity contribution in [3.8, 4) is 6.07 Å². The molecule has 21 heavy (non-hydrogen) atoms. The Bertz CT molecular complexity index is 775. The molecular weight excluding hydrogens is 288 g/mol. The van der Waals surface area contributed by atoms with E-state index in [2.05, 4.69) is 4.72 Å². The predicted octanol–water partition coefficient (Wildman–Crippen LogP) is 2.41. The Morgan fingerprint density at radius 3 is 2.43 bits per heavy atom. The molecule has 2 aromatic carbocycles. The van der Waals surface area contributed by atoms with Gasteiger partial charge in [0.1, 0.15) is 0 Å². The monoisotopic (exact) mass is 302 g/mol. The summed E-state index contributed by atoms with van der Waals surface area (Å²) in [6, 6.07) is 14.1. The zero-order valence-electron chi connectivity index (χ0n) is 11.3. The van der Waals surface area contributed by atoms with E-state index < -0.39 is 16.1 Å². The molecule has 0 heterocycles. The van der Waals surface area contributed by atoms with Crippen molar-refractivity contribution in [3.63, 3.8) is 0 Å². The van der Waals surface area contributed by atoms with Crippen LogP contribution in [0.15, 0.2) is 53.4 Å². The number of sulfonamides is 1. The summed E-state index contributed by atoms with van der Waals surface area (Å²) in [5.74, 6) is 0. The van der Waals surface area contributed by atoms with Crippen LogP contribution in [0.25, 0.3) is 0 Å². The number of rotatable bonds is 4. The van der Waals surface area contributed by atoms with Gasteiger partial charge in [-0.25, -0.2) is 8.42 Å². The van der Waals surface area contributed by atoms with Crippen molar-refractivity contribution in [1.29, 1.82) is 5.26 Å². The van der Waals surface area contributed by atoms with Crippen molar-refractivity contribution in [3.05, 3.63) is 59.7 Å². The lowest BCUT2D eigenvalue weighted by molar-refractivity contribution is 0.199. The zero-order chi connectivity index (χ0) is 15.5. The van der Waals surface area contributed by atoms with Crippen molar-refractivity contribution in [2.45, 2.75) is 17.9 Å². The normalized spacial score (nSPS) is 12.4. The number of hydrogen-bond donors (Lipinski definition) is 2. The number of benzene rings is 2. The highest BCUT2D eigenvalue weighted by Gasteiger charge is 2.14. The molecule has 108 valence electrons. The lowest BCUT2D eigenvalue weighted by Crippen LogP contribution is -2.13. The molecule has 0 saturated heterocycles. The number of nitrogens with zero attached hydrogens (tertiary/aromatic N) is 1. The topological polar surface area (TPSA) is 90.2 Å². The van der Waals surface area contributed by atoms with Crippen LogP contribution in [0.3, 0.4) is 0 Å². The molecular formula is C15H14N2O3S. The highest BCUT2D eigenvalue weighted by atomic mass is 32.2. The van der Waals surface area contributed by atoms with Gasteiger partial charge in [0.25, 0.3) is 10.0 Å². The van der Waals surface area contributed by atoms with E-state index in [0.29, 0.717) is 16.8 Å². The highest BCUT2D eigenvalue weighted by molar-refractivity contribution is 7.92. The third-order valence-electron chi connectivity index (χ3n) is 2.91. The number of nitriles is 1. The number of aliphatic hydroxyl groups is 1. The molecule has 2 N–H and O–H groups in total. The van der Waals surface area contributed by atoms with Gasteiger partial charge in [0.05, 0.1) is 22.6 Å². The van der Waals surface area contributed by atoms with Crippen molar-refractivity contribution < 1.29 is 13.5 Å². The minimum Gasteiger partial charge on any atom is -0.389 e. The molecule has 0 amide bonds. The first-order valence-electron chi connectivity index (χ1n) is 6.23. The Kier molecular flexibility index (Phi) is 4.26. The summed E-state index contributed by atoms with van der Waals surface area (Å²) >= 11 is 0. The van der Waals surface area contributed by atoms with Gasteiger partial charge in [0.2, 0.25) is 0 Å². The van der Waals surface area contributed by atoms with E-state index in [1.165, 1.54) is 24.3 Å². The molecule has 0 unspecified atom stereocenters. The van der Waals surface area contributed by atoms with Gasteiger partial charge in [0.15, 0.2) is 0 Å². The second kappa shape index (κ2) is 5.95. The Labute approximate surface area is 123 Å². The number of anilines is 1. The van der Waals surface area contributed by atoms with Gasteiger partial charge in [-0.3, -0.25) is 4.72 Å². The minimum atomic E-state index is -3.72. The maximum absolute atomic E-state index is 12.2. The van der Waals surface area contributed by atoms with Crippen molar-refractivity contribution in [1.82, 2.24) is 0 Å². The fourth-order valence-electron chi connectivity index (χ4n) is 1.78. The minimum absolute atomic E-state index is 0.0731. The van der Waals surface area contributed by atoms with Gasteiger partial charge < -0.3 is 5.11 Å². The van der Waals surface area contributed by atoms with E-state index in [1.54, 1.807) is 31.2 Å². The average molecular weight is 302 g/mol. The molecule has 0 spiro atoms. The average Bonchev–Trinajstić information content (AvgIpc) is 2.47. The first-order chi connectivity index (χ1) is 9.92. The molecule has 2 rings (SSSR count). The molecule has 6 heteroatoms. The number of nitrogens with one attached hydrogen (secondary N) is 1. The molecule has 0 radical (unpaired) electrons. The van der Waals surface area contributed by atoms with Crippen LogP contribution < -0.4 is 4.72 Å². The van der Waals surface area contributed by atoms with E-state index in [4.69, 9.17) is 5.26 Å². The lowest BCUT2D eigenvalue weighted by atomic mass is 10.1. The van der Waals surface area contributed by atoms with Gasteiger partial charge >= 0.3 is 0 Å². The molecule has 0 saturated carbocycles. The standard InChI is InChI=1S/C15H14N2O3S/c1-11(18)13-3-2-4-14(9-13)17-21(19,20)15-7-5-12(10-16)6-8-15/h2-9,11,17-18H,1H3/t11-/m0/s1. The lowest BCUT2D eigenvalue weighted by Gasteiger charge is -2.10. The SMILES string of the molecule is C[C@H](O)c1cccc(NS(=O)(=O)c2ccc(C#N)cc2)c1. The third-order valence-corrected chi connectivity index (χ3v) is 4.31. The molecule has 0 aliphatic heterocycles. The Morgan fingerprint density at radius 1 is 1.19 bits per heavy atom. The number of aliphatic hydroxyl groups excluding tert-OH is 1. The van der Waals surface area contributed by atoms with E-state index in [0.717, 1.165) is 0 Å². The Hall–Kier alpha value is -2.36. The van der Waals surface area contributed by atoms with Crippen LogP contribution in [0.1, 0.15) is 24.2 Å². The molecule has 0 fully saturated rings.